The van der Waals surface area contributed by atoms with Crippen LogP contribution in [0.5, 0.6) is 0 Å². The smallest absolute Gasteiger partial charge is 0.154 e. The molecule has 0 unspecified atom stereocenters. The van der Waals surface area contributed by atoms with E-state index in [4.69, 9.17) is 0 Å². The number of aryl methyl sites for hydroxylation is 1. The van der Waals surface area contributed by atoms with Gasteiger partial charge in [0.1, 0.15) is 11.5 Å². The fourth-order valence-corrected chi connectivity index (χ4v) is 1.60. The molecule has 0 aliphatic carbocycles. The minimum atomic E-state index is -0.224. The van der Waals surface area contributed by atoms with Crippen molar-refractivity contribution in [3.05, 3.63) is 42.0 Å². The third-order valence-electron chi connectivity index (χ3n) is 2.55. The Hall–Kier alpha value is -1.97. The lowest BCUT2D eigenvalue weighted by Crippen LogP contribution is -2.12. The molecule has 0 aliphatic rings. The Bertz CT molecular complexity index is 538. The summed E-state index contributed by atoms with van der Waals surface area (Å²) in [5, 5.41) is 0. The summed E-state index contributed by atoms with van der Waals surface area (Å²) in [6, 6.07) is 5.10. The van der Waals surface area contributed by atoms with Crippen molar-refractivity contribution in [2.75, 3.05) is 19.0 Å². The van der Waals surface area contributed by atoms with Gasteiger partial charge in [-0.05, 0) is 18.6 Å². The number of benzene rings is 1. The van der Waals surface area contributed by atoms with Crippen molar-refractivity contribution in [1.29, 1.82) is 0 Å². The molecule has 1 aromatic heterocycles. The maximum absolute atomic E-state index is 13.5. The van der Waals surface area contributed by atoms with E-state index in [2.05, 4.69) is 9.97 Å². The number of hydrogen-bond acceptors (Lipinski definition) is 3. The topological polar surface area (TPSA) is 29.0 Å². The van der Waals surface area contributed by atoms with Crippen LogP contribution in [0.1, 0.15) is 5.56 Å². The Labute approximate surface area is 99.9 Å². The lowest BCUT2D eigenvalue weighted by molar-refractivity contribution is 0.619. The highest BCUT2D eigenvalue weighted by molar-refractivity contribution is 5.71. The van der Waals surface area contributed by atoms with E-state index < -0.39 is 0 Å². The Balaban J connectivity index is 2.56. The van der Waals surface area contributed by atoms with E-state index in [1.807, 2.05) is 25.1 Å². The second-order valence-electron chi connectivity index (χ2n) is 4.09. The van der Waals surface area contributed by atoms with Gasteiger partial charge < -0.3 is 4.90 Å². The zero-order valence-corrected chi connectivity index (χ0v) is 10.1. The van der Waals surface area contributed by atoms with Gasteiger partial charge in [-0.15, -0.1) is 0 Å². The standard InChI is InChI=1S/C13H14FN3/c1-9-4-5-10(8-11(9)14)12-13(17(2)3)16-7-6-15-12/h4-8H,1-3H3. The highest BCUT2D eigenvalue weighted by Crippen LogP contribution is 2.26. The molecule has 88 valence electrons. The van der Waals surface area contributed by atoms with Crippen molar-refractivity contribution in [2.45, 2.75) is 6.92 Å². The highest BCUT2D eigenvalue weighted by atomic mass is 19.1. The Morgan fingerprint density at radius 1 is 1.12 bits per heavy atom. The van der Waals surface area contributed by atoms with Crippen molar-refractivity contribution >= 4 is 5.82 Å². The summed E-state index contributed by atoms with van der Waals surface area (Å²) in [5.74, 6) is 0.508. The van der Waals surface area contributed by atoms with Gasteiger partial charge in [-0.2, -0.15) is 0 Å². The molecule has 1 aromatic carbocycles. The lowest BCUT2D eigenvalue weighted by Gasteiger charge is -2.15. The zero-order chi connectivity index (χ0) is 12.4. The lowest BCUT2D eigenvalue weighted by atomic mass is 10.1. The Morgan fingerprint density at radius 2 is 1.82 bits per heavy atom. The minimum Gasteiger partial charge on any atom is -0.361 e. The van der Waals surface area contributed by atoms with Crippen molar-refractivity contribution < 1.29 is 4.39 Å². The summed E-state index contributed by atoms with van der Waals surface area (Å²) >= 11 is 0. The molecular formula is C13H14FN3. The average molecular weight is 231 g/mol. The molecule has 0 saturated carbocycles. The Morgan fingerprint density at radius 3 is 2.47 bits per heavy atom. The van der Waals surface area contributed by atoms with Crippen molar-refractivity contribution in [3.8, 4) is 11.3 Å². The maximum Gasteiger partial charge on any atom is 0.154 e. The number of hydrogen-bond donors (Lipinski definition) is 0. The summed E-state index contributed by atoms with van der Waals surface area (Å²) in [4.78, 5) is 10.4. The number of rotatable bonds is 2. The van der Waals surface area contributed by atoms with E-state index in [0.717, 1.165) is 11.4 Å². The predicted molar refractivity (Wildman–Crippen MR) is 66.5 cm³/mol. The molecule has 3 nitrogen and oxygen atoms in total. The van der Waals surface area contributed by atoms with Gasteiger partial charge in [0.25, 0.3) is 0 Å². The molecule has 0 bridgehead atoms. The van der Waals surface area contributed by atoms with E-state index in [0.29, 0.717) is 11.3 Å². The van der Waals surface area contributed by atoms with Gasteiger partial charge in [-0.1, -0.05) is 12.1 Å². The van der Waals surface area contributed by atoms with Gasteiger partial charge in [-0.3, -0.25) is 4.98 Å². The first-order valence-electron chi connectivity index (χ1n) is 5.34. The molecule has 2 rings (SSSR count). The monoisotopic (exact) mass is 231 g/mol. The molecule has 0 radical (unpaired) electrons. The van der Waals surface area contributed by atoms with Gasteiger partial charge >= 0.3 is 0 Å². The molecule has 0 atom stereocenters. The van der Waals surface area contributed by atoms with Crippen molar-refractivity contribution in [3.63, 3.8) is 0 Å². The van der Waals surface area contributed by atoms with Gasteiger partial charge in [0.05, 0.1) is 0 Å². The number of halogens is 1. The van der Waals surface area contributed by atoms with E-state index in [9.17, 15) is 4.39 Å². The first-order chi connectivity index (χ1) is 8.09. The van der Waals surface area contributed by atoms with E-state index in [1.54, 1.807) is 25.4 Å². The molecule has 0 amide bonds. The van der Waals surface area contributed by atoms with Crippen LogP contribution in [0, 0.1) is 12.7 Å². The summed E-state index contributed by atoms with van der Waals surface area (Å²) in [7, 11) is 3.77. The molecule has 0 spiro atoms. The number of anilines is 1. The molecule has 0 saturated heterocycles. The zero-order valence-electron chi connectivity index (χ0n) is 10.1. The molecule has 17 heavy (non-hydrogen) atoms. The first-order valence-corrected chi connectivity index (χ1v) is 5.34. The maximum atomic E-state index is 13.5. The quantitative estimate of drug-likeness (QED) is 0.795. The Kier molecular flexibility index (Phi) is 3.04. The van der Waals surface area contributed by atoms with Gasteiger partial charge in [0, 0.05) is 32.1 Å². The SMILES string of the molecule is Cc1ccc(-c2nccnc2N(C)C)cc1F. The molecule has 0 N–H and O–H groups in total. The van der Waals surface area contributed by atoms with Crippen molar-refractivity contribution in [2.24, 2.45) is 0 Å². The average Bonchev–Trinajstić information content (AvgIpc) is 2.32. The third-order valence-corrected chi connectivity index (χ3v) is 2.55. The van der Waals surface area contributed by atoms with Gasteiger partial charge in [0.15, 0.2) is 5.82 Å². The van der Waals surface area contributed by atoms with Crippen LogP contribution in [-0.2, 0) is 0 Å². The third kappa shape index (κ3) is 2.25. The molecule has 0 fully saturated rings. The van der Waals surface area contributed by atoms with Crippen molar-refractivity contribution in [1.82, 2.24) is 9.97 Å². The molecule has 1 heterocycles. The summed E-state index contributed by atoms with van der Waals surface area (Å²) in [5.41, 5.74) is 2.06. The fraction of sp³-hybridized carbons (Fsp3) is 0.231. The van der Waals surface area contributed by atoms with Crippen LogP contribution in [0.3, 0.4) is 0 Å². The normalized spacial score (nSPS) is 10.4. The highest BCUT2D eigenvalue weighted by Gasteiger charge is 2.10. The van der Waals surface area contributed by atoms with Crippen LogP contribution in [0.4, 0.5) is 10.2 Å². The van der Waals surface area contributed by atoms with Crippen LogP contribution >= 0.6 is 0 Å². The van der Waals surface area contributed by atoms with Crippen LogP contribution in [0.2, 0.25) is 0 Å². The number of nitrogens with zero attached hydrogens (tertiary/aromatic N) is 3. The van der Waals surface area contributed by atoms with E-state index >= 15 is 0 Å². The van der Waals surface area contributed by atoms with Gasteiger partial charge in [-0.25, -0.2) is 9.37 Å². The van der Waals surface area contributed by atoms with Crippen LogP contribution < -0.4 is 4.90 Å². The van der Waals surface area contributed by atoms with E-state index in [1.165, 1.54) is 6.07 Å². The second kappa shape index (κ2) is 4.49. The predicted octanol–water partition coefficient (Wildman–Crippen LogP) is 2.66. The van der Waals surface area contributed by atoms with E-state index in [-0.39, 0.29) is 5.82 Å². The van der Waals surface area contributed by atoms with Crippen LogP contribution in [-0.4, -0.2) is 24.1 Å². The molecular weight excluding hydrogens is 217 g/mol. The summed E-state index contributed by atoms with van der Waals surface area (Å²) < 4.78 is 13.5. The largest absolute Gasteiger partial charge is 0.361 e. The molecule has 4 heteroatoms. The fourth-order valence-electron chi connectivity index (χ4n) is 1.60. The molecule has 2 aromatic rings. The minimum absolute atomic E-state index is 0.224. The van der Waals surface area contributed by atoms with Crippen LogP contribution in [0.25, 0.3) is 11.3 Å². The first kappa shape index (κ1) is 11.5. The van der Waals surface area contributed by atoms with Crippen LogP contribution in [0.15, 0.2) is 30.6 Å². The summed E-state index contributed by atoms with van der Waals surface area (Å²) in [6.45, 7) is 1.74. The molecule has 0 aliphatic heterocycles. The number of aromatic nitrogens is 2. The second-order valence-corrected chi connectivity index (χ2v) is 4.09. The summed E-state index contributed by atoms with van der Waals surface area (Å²) in [6.07, 6.45) is 3.24. The van der Waals surface area contributed by atoms with Gasteiger partial charge in [0.2, 0.25) is 0 Å².